The summed E-state index contributed by atoms with van der Waals surface area (Å²) in [5.74, 6) is 0.164. The summed E-state index contributed by atoms with van der Waals surface area (Å²) in [6.45, 7) is 9.10. The van der Waals surface area contributed by atoms with Crippen LogP contribution in [0.15, 0.2) is 53.3 Å². The molecule has 1 N–H and O–H groups in total. The van der Waals surface area contributed by atoms with Gasteiger partial charge in [-0.25, -0.2) is 4.68 Å². The van der Waals surface area contributed by atoms with E-state index in [1.54, 1.807) is 6.92 Å². The number of H-pyrrole nitrogens is 1. The highest BCUT2D eigenvalue weighted by Crippen LogP contribution is 2.27. The Morgan fingerprint density at radius 2 is 1.83 bits per heavy atom. The number of carbonyl (C=O) groups is 1. The van der Waals surface area contributed by atoms with Gasteiger partial charge in [0.05, 0.1) is 12.6 Å². The van der Waals surface area contributed by atoms with Crippen molar-refractivity contribution in [2.24, 2.45) is 0 Å². The van der Waals surface area contributed by atoms with Crippen LogP contribution in [0.3, 0.4) is 0 Å². The van der Waals surface area contributed by atoms with Crippen LogP contribution in [0.1, 0.15) is 54.4 Å². The quantitative estimate of drug-likeness (QED) is 0.338. The maximum Gasteiger partial charge on any atom is 0.327 e. The molecule has 0 aliphatic carbocycles. The summed E-state index contributed by atoms with van der Waals surface area (Å²) < 4.78 is 6.58. The van der Waals surface area contributed by atoms with Gasteiger partial charge in [-0.2, -0.15) is 0 Å². The highest BCUT2D eigenvalue weighted by molar-refractivity contribution is 5.80. The van der Waals surface area contributed by atoms with Crippen LogP contribution >= 0.6 is 0 Å². The first-order valence-electron chi connectivity index (χ1n) is 12.2. The van der Waals surface area contributed by atoms with Gasteiger partial charge in [0.1, 0.15) is 6.54 Å². The molecule has 2 aromatic heterocycles. The van der Waals surface area contributed by atoms with Gasteiger partial charge in [0.25, 0.3) is 5.56 Å². The minimum Gasteiger partial charge on any atom is -0.465 e. The van der Waals surface area contributed by atoms with Gasteiger partial charge in [0, 0.05) is 24.2 Å². The molecule has 0 spiro atoms. The van der Waals surface area contributed by atoms with Crippen molar-refractivity contribution in [3.05, 3.63) is 87.0 Å². The number of ether oxygens (including phenoxy) is 1. The summed E-state index contributed by atoms with van der Waals surface area (Å²) >= 11 is 0. The molecule has 0 saturated heterocycles. The van der Waals surface area contributed by atoms with E-state index in [-0.39, 0.29) is 24.8 Å². The number of aromatic nitrogens is 5. The van der Waals surface area contributed by atoms with Crippen molar-refractivity contribution in [1.82, 2.24) is 30.1 Å². The van der Waals surface area contributed by atoms with Crippen molar-refractivity contribution >= 4 is 16.9 Å². The Hall–Kier alpha value is -3.85. The van der Waals surface area contributed by atoms with Crippen molar-refractivity contribution in [2.75, 3.05) is 6.61 Å². The molecule has 9 heteroatoms. The number of esters is 1. The highest BCUT2D eigenvalue weighted by Gasteiger charge is 2.27. The van der Waals surface area contributed by atoms with Crippen LogP contribution in [0.2, 0.25) is 0 Å². The number of aromatic amines is 1. The number of tetrazole rings is 1. The molecule has 188 valence electrons. The van der Waals surface area contributed by atoms with Crippen LogP contribution in [0.25, 0.3) is 10.9 Å². The van der Waals surface area contributed by atoms with Crippen LogP contribution in [-0.2, 0) is 29.2 Å². The molecule has 0 radical (unpaired) electrons. The summed E-state index contributed by atoms with van der Waals surface area (Å²) in [4.78, 5) is 30.5. The average Bonchev–Trinajstić information content (AvgIpc) is 3.29. The molecular weight excluding hydrogens is 456 g/mol. The fourth-order valence-electron chi connectivity index (χ4n) is 4.45. The molecular formula is C27H32N6O3. The lowest BCUT2D eigenvalue weighted by molar-refractivity contribution is -0.144. The summed E-state index contributed by atoms with van der Waals surface area (Å²) in [7, 11) is 0. The fraction of sp³-hybridized carbons (Fsp3) is 0.370. The van der Waals surface area contributed by atoms with Gasteiger partial charge >= 0.3 is 5.97 Å². The van der Waals surface area contributed by atoms with Gasteiger partial charge in [-0.1, -0.05) is 37.3 Å². The summed E-state index contributed by atoms with van der Waals surface area (Å²) in [6, 6.07) is 15.9. The molecule has 4 aromatic rings. The number of nitrogens with zero attached hydrogens (tertiary/aromatic N) is 5. The minimum atomic E-state index is -0.396. The molecule has 4 rings (SSSR count). The van der Waals surface area contributed by atoms with Crippen LogP contribution in [-0.4, -0.2) is 42.7 Å². The number of fused-ring (bicyclic) bond motifs is 1. The SMILES string of the molecule is CCOC(=O)Cn1nnnc1C(CC)N(Cc1ccccc1)Cc1cc2cc(C)c(C)cc2[nH]c1=O. The molecule has 2 heterocycles. The van der Waals surface area contributed by atoms with Gasteiger partial charge in [-0.3, -0.25) is 14.5 Å². The topological polar surface area (TPSA) is 106 Å². The monoisotopic (exact) mass is 488 g/mol. The van der Waals surface area contributed by atoms with Crippen LogP contribution in [0.4, 0.5) is 0 Å². The van der Waals surface area contributed by atoms with E-state index in [4.69, 9.17) is 4.74 Å². The van der Waals surface area contributed by atoms with Crippen molar-refractivity contribution in [3.8, 4) is 0 Å². The van der Waals surface area contributed by atoms with Gasteiger partial charge in [-0.15, -0.1) is 5.10 Å². The van der Waals surface area contributed by atoms with Crippen molar-refractivity contribution in [3.63, 3.8) is 0 Å². The predicted molar refractivity (Wildman–Crippen MR) is 137 cm³/mol. The van der Waals surface area contributed by atoms with Crippen LogP contribution in [0.5, 0.6) is 0 Å². The van der Waals surface area contributed by atoms with E-state index in [0.29, 0.717) is 30.9 Å². The Morgan fingerprint density at radius 1 is 1.08 bits per heavy atom. The number of pyridine rings is 1. The summed E-state index contributed by atoms with van der Waals surface area (Å²) in [5.41, 5.74) is 4.77. The van der Waals surface area contributed by atoms with Crippen LogP contribution < -0.4 is 5.56 Å². The molecule has 0 aliphatic rings. The number of benzene rings is 2. The molecule has 2 aromatic carbocycles. The van der Waals surface area contributed by atoms with Gasteiger partial charge < -0.3 is 9.72 Å². The number of hydrogen-bond donors (Lipinski definition) is 1. The predicted octanol–water partition coefficient (Wildman–Crippen LogP) is 3.85. The third-order valence-electron chi connectivity index (χ3n) is 6.41. The molecule has 1 atom stereocenters. The lowest BCUT2D eigenvalue weighted by Gasteiger charge is -2.30. The van der Waals surface area contributed by atoms with E-state index in [9.17, 15) is 9.59 Å². The molecule has 36 heavy (non-hydrogen) atoms. The molecule has 1 unspecified atom stereocenters. The first-order valence-corrected chi connectivity index (χ1v) is 12.2. The Balaban J connectivity index is 1.72. The maximum absolute atomic E-state index is 13.1. The normalized spacial score (nSPS) is 12.2. The lowest BCUT2D eigenvalue weighted by Crippen LogP contribution is -2.33. The largest absolute Gasteiger partial charge is 0.465 e. The molecule has 0 amide bonds. The van der Waals surface area contributed by atoms with Gasteiger partial charge in [-0.05, 0) is 77.9 Å². The van der Waals surface area contributed by atoms with Crippen molar-refractivity contribution in [1.29, 1.82) is 0 Å². The Bertz CT molecular complexity index is 1400. The van der Waals surface area contributed by atoms with Crippen LogP contribution in [0, 0.1) is 13.8 Å². The number of carbonyl (C=O) groups excluding carboxylic acids is 1. The minimum absolute atomic E-state index is 0.0684. The Labute approximate surface area is 210 Å². The second-order valence-corrected chi connectivity index (χ2v) is 8.96. The number of aryl methyl sites for hydroxylation is 2. The maximum atomic E-state index is 13.1. The van der Waals surface area contributed by atoms with Crippen molar-refractivity contribution < 1.29 is 9.53 Å². The summed E-state index contributed by atoms with van der Waals surface area (Å²) in [6.07, 6.45) is 0.680. The lowest BCUT2D eigenvalue weighted by atomic mass is 10.0. The second kappa shape index (κ2) is 11.3. The van der Waals surface area contributed by atoms with E-state index in [0.717, 1.165) is 22.0 Å². The van der Waals surface area contributed by atoms with E-state index >= 15 is 0 Å². The highest BCUT2D eigenvalue weighted by atomic mass is 16.5. The Morgan fingerprint density at radius 3 is 2.56 bits per heavy atom. The molecule has 0 fully saturated rings. The third-order valence-corrected chi connectivity index (χ3v) is 6.41. The van der Waals surface area contributed by atoms with Crippen molar-refractivity contribution in [2.45, 2.75) is 59.8 Å². The number of rotatable bonds is 10. The van der Waals surface area contributed by atoms with E-state index in [1.165, 1.54) is 10.2 Å². The van der Waals surface area contributed by atoms with E-state index in [1.807, 2.05) is 44.2 Å². The third kappa shape index (κ3) is 5.68. The van der Waals surface area contributed by atoms with Gasteiger partial charge in [0.2, 0.25) is 0 Å². The molecule has 0 bridgehead atoms. The molecule has 0 saturated carbocycles. The second-order valence-electron chi connectivity index (χ2n) is 8.96. The average molecular weight is 489 g/mol. The zero-order chi connectivity index (χ0) is 25.7. The zero-order valence-corrected chi connectivity index (χ0v) is 21.2. The molecule has 0 aliphatic heterocycles. The smallest absolute Gasteiger partial charge is 0.327 e. The zero-order valence-electron chi connectivity index (χ0n) is 21.2. The standard InChI is InChI=1S/C27H32N6O3/c1-5-24(26-29-30-31-33(26)17-25(34)36-6-2)32(15-20-10-8-7-9-11-20)16-22-14-21-12-18(3)19(4)13-23(21)28-27(22)35/h7-14,24H,5-6,15-17H2,1-4H3,(H,28,35). The first kappa shape index (κ1) is 25.2. The Kier molecular flexibility index (Phi) is 7.90. The number of hydrogen-bond acceptors (Lipinski definition) is 7. The fourth-order valence-corrected chi connectivity index (χ4v) is 4.45. The first-order chi connectivity index (χ1) is 17.4. The summed E-state index contributed by atoms with van der Waals surface area (Å²) in [5, 5.41) is 13.1. The van der Waals surface area contributed by atoms with E-state index < -0.39 is 5.97 Å². The van der Waals surface area contributed by atoms with Gasteiger partial charge in [0.15, 0.2) is 5.82 Å². The molecule has 9 nitrogen and oxygen atoms in total. The van der Waals surface area contributed by atoms with E-state index in [2.05, 4.69) is 50.5 Å². The number of nitrogens with one attached hydrogen (secondary N) is 1.